The Morgan fingerprint density at radius 2 is 1.46 bits per heavy atom. The van der Waals surface area contributed by atoms with Gasteiger partial charge in [0.1, 0.15) is 11.5 Å². The van der Waals surface area contributed by atoms with Crippen molar-refractivity contribution in [2.24, 2.45) is 0 Å². The van der Waals surface area contributed by atoms with Gasteiger partial charge in [-0.2, -0.15) is 0 Å². The number of rotatable bonds is 9. The van der Waals surface area contributed by atoms with Crippen LogP contribution < -0.4 is 10.2 Å². The van der Waals surface area contributed by atoms with E-state index in [-0.39, 0.29) is 10.6 Å². The average molecular weight is 798 g/mol. The van der Waals surface area contributed by atoms with Crippen molar-refractivity contribution in [3.8, 4) is 129 Å². The number of hydrogen-bond acceptors (Lipinski definition) is 8. The summed E-state index contributed by atoms with van der Waals surface area (Å²) in [5, 5.41) is 16.5. The maximum absolute atomic E-state index is 12.1. The van der Waals surface area contributed by atoms with Crippen LogP contribution in [-0.2, 0) is 13.0 Å². The van der Waals surface area contributed by atoms with Crippen molar-refractivity contribution >= 4 is 33.9 Å². The fourth-order valence-electron chi connectivity index (χ4n) is 6.10. The van der Waals surface area contributed by atoms with Crippen LogP contribution in [0.15, 0.2) is 55.1 Å². The Hall–Kier alpha value is -8.73. The van der Waals surface area contributed by atoms with E-state index in [1.54, 1.807) is 38.5 Å². The molecule has 0 aliphatic carbocycles. The van der Waals surface area contributed by atoms with E-state index in [1.807, 2.05) is 39.0 Å². The normalized spacial score (nSPS) is 9.82. The largest absolute Gasteiger partial charge is 0.368 e. The first-order valence-corrected chi connectivity index (χ1v) is 18.9. The fourth-order valence-corrected chi connectivity index (χ4v) is 6.10. The second-order valence-electron chi connectivity index (χ2n) is 13.3. The summed E-state index contributed by atoms with van der Waals surface area (Å²) in [6, 6.07) is 9.85. The first-order valence-electron chi connectivity index (χ1n) is 18.9. The van der Waals surface area contributed by atoms with E-state index in [9.17, 15) is 10.1 Å². The lowest BCUT2D eigenvalue weighted by atomic mass is 10.0. The summed E-state index contributed by atoms with van der Waals surface area (Å²) >= 11 is 0. The van der Waals surface area contributed by atoms with Gasteiger partial charge in [0.15, 0.2) is 0 Å². The van der Waals surface area contributed by atoms with Crippen molar-refractivity contribution < 1.29 is 4.92 Å². The van der Waals surface area contributed by atoms with Crippen LogP contribution in [0.25, 0.3) is 33.5 Å². The lowest BCUT2D eigenvalue weighted by Gasteiger charge is -2.22. The minimum atomic E-state index is -0.341. The number of benzene rings is 2. The molecule has 0 amide bonds. The van der Waals surface area contributed by atoms with Crippen LogP contribution in [0, 0.1) is 124 Å². The molecular weight excluding hydrogens is 759 g/mol. The summed E-state index contributed by atoms with van der Waals surface area (Å²) in [6.45, 7) is 7.74. The molecule has 4 heterocycles. The molecule has 3 aromatic heterocycles. The molecule has 1 aliphatic rings. The van der Waals surface area contributed by atoms with E-state index < -0.39 is 0 Å². The Balaban J connectivity index is 0.000000299. The van der Waals surface area contributed by atoms with Crippen molar-refractivity contribution in [2.45, 2.75) is 40.2 Å². The number of nitrogens with one attached hydrogen (secondary N) is 2. The van der Waals surface area contributed by atoms with Crippen LogP contribution in [0.3, 0.4) is 0 Å². The summed E-state index contributed by atoms with van der Waals surface area (Å²) in [7, 11) is 5.84. The van der Waals surface area contributed by atoms with E-state index in [0.29, 0.717) is 29.7 Å². The third-order valence-electron chi connectivity index (χ3n) is 8.87. The van der Waals surface area contributed by atoms with Gasteiger partial charge in [-0.3, -0.25) is 10.1 Å². The number of H-pyrrole nitrogens is 1. The van der Waals surface area contributed by atoms with Gasteiger partial charge in [0, 0.05) is 68.5 Å². The summed E-state index contributed by atoms with van der Waals surface area (Å²) in [5.74, 6) is 46.6. The first-order chi connectivity index (χ1) is 29.7. The third-order valence-corrected chi connectivity index (χ3v) is 8.87. The highest BCUT2D eigenvalue weighted by Crippen LogP contribution is 2.39. The summed E-state index contributed by atoms with van der Waals surface area (Å²) in [4.78, 5) is 33.0. The number of nitro groups is 1. The van der Waals surface area contributed by atoms with Crippen LogP contribution in [-0.4, -0.2) is 68.6 Å². The van der Waals surface area contributed by atoms with Crippen molar-refractivity contribution in [1.82, 2.24) is 29.4 Å². The zero-order chi connectivity index (χ0) is 43.4. The van der Waals surface area contributed by atoms with Gasteiger partial charge in [-0.05, 0) is 160 Å². The van der Waals surface area contributed by atoms with E-state index in [2.05, 4.69) is 161 Å². The predicted octanol–water partition coefficient (Wildman–Crippen LogP) is 6.45. The highest BCUT2D eigenvalue weighted by molar-refractivity contribution is 6.00. The Morgan fingerprint density at radius 3 is 2.02 bits per heavy atom. The maximum Gasteiger partial charge on any atom is 0.294 e. The maximum atomic E-state index is 12.1. The molecule has 2 N–H and O–H groups in total. The van der Waals surface area contributed by atoms with Gasteiger partial charge < -0.3 is 24.7 Å². The molecule has 61 heavy (non-hydrogen) atoms. The number of hydrogen-bond donors (Lipinski definition) is 2. The third kappa shape index (κ3) is 12.1. The smallest absolute Gasteiger partial charge is 0.294 e. The highest BCUT2D eigenvalue weighted by atomic mass is 16.6. The van der Waals surface area contributed by atoms with Gasteiger partial charge in [0.05, 0.1) is 27.4 Å². The molecule has 5 aromatic rings. The number of aryl methyl sites for hydroxylation is 3. The number of likely N-dealkylation sites (N-methyl/N-ethyl adjacent to an activating group) is 2. The number of nitrogens with zero attached hydrogens (tertiary/aromatic N) is 7. The molecule has 0 unspecified atom stereocenters. The molecule has 6 rings (SSSR count). The van der Waals surface area contributed by atoms with Crippen LogP contribution in [0.2, 0.25) is 0 Å². The van der Waals surface area contributed by atoms with Gasteiger partial charge in [-0.15, -0.1) is 0 Å². The van der Waals surface area contributed by atoms with Crippen molar-refractivity contribution in [2.75, 3.05) is 44.4 Å². The molecule has 1 aliphatic heterocycles. The van der Waals surface area contributed by atoms with Crippen LogP contribution in [0.4, 0.5) is 23.0 Å². The number of aromatic amines is 1. The summed E-state index contributed by atoms with van der Waals surface area (Å²) in [5.41, 5.74) is 7.15. The zero-order valence-corrected chi connectivity index (χ0v) is 34.7. The SMILES string of the molecule is CC#CC#CC#CC#CC#CC#CC#CC#CC#CC.Cc1cc(N(C)CCN(C)C)c([N+](=O)[O-])cc1Nc1ncc(-c2ncc[nH]2)c(-c2cn3c4c(cccc24)CCC3)n1. The Bertz CT molecular complexity index is 2970. The standard InChI is InChI=1S/C30H33N9O2.C20H6/c1-19-15-25(37(4)14-13-36(2)3)26(39(40)41)16-24(19)34-30-33-17-22(29-31-10-11-32-29)27(35-30)23-18-38-12-6-8-20-7-5-9-21(23)28(20)38;1-3-5-7-9-11-13-15-17-19-20-18-16-14-12-10-8-6-4-2/h5,7,9-11,15-18H,6,8,12-14H2,1-4H3,(H,31,32)(H,33,34,35);1-2H3. The monoisotopic (exact) mass is 797 g/mol. The number of nitro benzene ring substituents is 1. The van der Waals surface area contributed by atoms with Gasteiger partial charge >= 0.3 is 0 Å². The fraction of sp³-hybridized carbons (Fsp3) is 0.220. The molecule has 0 spiro atoms. The number of imidazole rings is 1. The Morgan fingerprint density at radius 1 is 0.836 bits per heavy atom. The quantitative estimate of drug-likeness (QED) is 0.0993. The molecule has 11 nitrogen and oxygen atoms in total. The lowest BCUT2D eigenvalue weighted by Crippen LogP contribution is -2.29. The predicted molar refractivity (Wildman–Crippen MR) is 243 cm³/mol. The molecule has 0 saturated heterocycles. The van der Waals surface area contributed by atoms with Gasteiger partial charge in [-0.25, -0.2) is 15.0 Å². The van der Waals surface area contributed by atoms with E-state index in [1.165, 1.54) is 11.1 Å². The average Bonchev–Trinajstić information content (AvgIpc) is 3.93. The molecule has 0 fully saturated rings. The zero-order valence-electron chi connectivity index (χ0n) is 34.7. The second-order valence-corrected chi connectivity index (χ2v) is 13.3. The lowest BCUT2D eigenvalue weighted by molar-refractivity contribution is -0.384. The van der Waals surface area contributed by atoms with Crippen LogP contribution in [0.1, 0.15) is 31.4 Å². The Labute approximate surface area is 357 Å². The number of para-hydroxylation sites is 1. The molecule has 2 aromatic carbocycles. The first kappa shape index (κ1) is 43.4. The number of aromatic nitrogens is 5. The van der Waals surface area contributed by atoms with Gasteiger partial charge in [-0.1, -0.05) is 30.0 Å². The molecular formula is C50H39N9O2. The molecule has 11 heteroatoms. The van der Waals surface area contributed by atoms with E-state index in [4.69, 9.17) is 4.98 Å². The summed E-state index contributed by atoms with van der Waals surface area (Å²) in [6.07, 6.45) is 9.56. The minimum Gasteiger partial charge on any atom is -0.368 e. The molecule has 0 bridgehead atoms. The van der Waals surface area contributed by atoms with Crippen molar-refractivity contribution in [1.29, 1.82) is 0 Å². The van der Waals surface area contributed by atoms with Crippen molar-refractivity contribution in [3.05, 3.63) is 76.4 Å². The number of anilines is 3. The highest BCUT2D eigenvalue weighted by Gasteiger charge is 2.23. The second kappa shape index (κ2) is 22.3. The van der Waals surface area contributed by atoms with Crippen molar-refractivity contribution in [3.63, 3.8) is 0 Å². The summed E-state index contributed by atoms with van der Waals surface area (Å²) < 4.78 is 2.31. The molecule has 0 atom stereocenters. The molecule has 0 radical (unpaired) electrons. The molecule has 0 saturated carbocycles. The van der Waals surface area contributed by atoms with Gasteiger partial charge in [0.25, 0.3) is 5.69 Å². The van der Waals surface area contributed by atoms with Gasteiger partial charge in [0.2, 0.25) is 5.95 Å². The van der Waals surface area contributed by atoms with Crippen LogP contribution >= 0.6 is 0 Å². The van der Waals surface area contributed by atoms with E-state index in [0.717, 1.165) is 53.7 Å². The van der Waals surface area contributed by atoms with Crippen LogP contribution in [0.5, 0.6) is 0 Å². The van der Waals surface area contributed by atoms with E-state index >= 15 is 0 Å². The molecule has 296 valence electrons. The minimum absolute atomic E-state index is 0.0285. The topological polar surface area (TPSA) is 121 Å². The Kier molecular flexibility index (Phi) is 15.8.